The van der Waals surface area contributed by atoms with Crippen LogP contribution in [0, 0.1) is 6.92 Å². The third-order valence-electron chi connectivity index (χ3n) is 2.69. The zero-order valence-electron chi connectivity index (χ0n) is 10.8. The molecule has 0 radical (unpaired) electrons. The molecule has 0 saturated heterocycles. The van der Waals surface area contributed by atoms with Crippen LogP contribution in [-0.4, -0.2) is 37.4 Å². The van der Waals surface area contributed by atoms with Crippen LogP contribution in [0.3, 0.4) is 0 Å². The Hall–Kier alpha value is -1.39. The number of hydrogen-bond acceptors (Lipinski definition) is 3. The number of nitrogens with one attached hydrogen (secondary N) is 1. The van der Waals surface area contributed by atoms with Gasteiger partial charge in [-0.25, -0.2) is 0 Å². The fourth-order valence-electron chi connectivity index (χ4n) is 1.66. The van der Waals surface area contributed by atoms with Gasteiger partial charge in [0, 0.05) is 13.0 Å². The van der Waals surface area contributed by atoms with Crippen molar-refractivity contribution in [2.75, 3.05) is 26.4 Å². The number of ether oxygens (including phenoxy) is 1. The van der Waals surface area contributed by atoms with Gasteiger partial charge in [0.2, 0.25) is 5.91 Å². The van der Waals surface area contributed by atoms with E-state index in [1.807, 2.05) is 18.2 Å². The van der Waals surface area contributed by atoms with Gasteiger partial charge in [-0.1, -0.05) is 24.3 Å². The number of aliphatic hydroxyl groups is 1. The molecule has 4 nitrogen and oxygen atoms in total. The molecular formula is C14H21NO3. The fraction of sp³-hybridized carbons (Fsp3) is 0.500. The summed E-state index contributed by atoms with van der Waals surface area (Å²) in [5, 5.41) is 11.3. The van der Waals surface area contributed by atoms with Crippen molar-refractivity contribution in [2.45, 2.75) is 19.8 Å². The predicted molar refractivity (Wildman–Crippen MR) is 70.4 cm³/mol. The van der Waals surface area contributed by atoms with Gasteiger partial charge >= 0.3 is 0 Å². The number of hydrogen-bond donors (Lipinski definition) is 2. The molecule has 18 heavy (non-hydrogen) atoms. The summed E-state index contributed by atoms with van der Waals surface area (Å²) in [6, 6.07) is 8.09. The van der Waals surface area contributed by atoms with Gasteiger partial charge in [0.1, 0.15) is 0 Å². The summed E-state index contributed by atoms with van der Waals surface area (Å²) in [6.07, 6.45) is 1.25. The quantitative estimate of drug-likeness (QED) is 0.679. The highest BCUT2D eigenvalue weighted by Crippen LogP contribution is 2.09. The highest BCUT2D eigenvalue weighted by Gasteiger charge is 2.03. The van der Waals surface area contributed by atoms with E-state index >= 15 is 0 Å². The largest absolute Gasteiger partial charge is 0.394 e. The van der Waals surface area contributed by atoms with Crippen molar-refractivity contribution >= 4 is 5.91 Å². The number of carbonyl (C=O) groups excluding carboxylic acids is 1. The molecule has 0 heterocycles. The van der Waals surface area contributed by atoms with Crippen molar-refractivity contribution in [3.05, 3.63) is 35.4 Å². The number of carbonyl (C=O) groups is 1. The monoisotopic (exact) mass is 251 g/mol. The molecule has 4 heteroatoms. The maximum Gasteiger partial charge on any atom is 0.220 e. The van der Waals surface area contributed by atoms with Gasteiger partial charge in [-0.2, -0.15) is 0 Å². The lowest BCUT2D eigenvalue weighted by Gasteiger charge is -2.07. The Morgan fingerprint density at radius 1 is 1.33 bits per heavy atom. The molecule has 1 amide bonds. The molecule has 1 rings (SSSR count). The molecule has 0 aromatic heterocycles. The number of rotatable bonds is 8. The lowest BCUT2D eigenvalue weighted by molar-refractivity contribution is -0.121. The van der Waals surface area contributed by atoms with E-state index in [0.29, 0.717) is 26.2 Å². The van der Waals surface area contributed by atoms with Crippen molar-refractivity contribution in [2.24, 2.45) is 0 Å². The molecule has 100 valence electrons. The molecule has 0 bridgehead atoms. The molecule has 0 fully saturated rings. The van der Waals surface area contributed by atoms with E-state index in [2.05, 4.69) is 18.3 Å². The summed E-state index contributed by atoms with van der Waals surface area (Å²) < 4.78 is 5.05. The second-order valence-electron chi connectivity index (χ2n) is 4.11. The Kier molecular flexibility index (Phi) is 7.06. The molecular weight excluding hydrogens is 230 g/mol. The van der Waals surface area contributed by atoms with Gasteiger partial charge in [0.15, 0.2) is 0 Å². The molecule has 1 aromatic carbocycles. The molecule has 0 atom stereocenters. The third-order valence-corrected chi connectivity index (χ3v) is 2.69. The number of benzene rings is 1. The molecule has 1 aromatic rings. The average Bonchev–Trinajstić information content (AvgIpc) is 2.37. The smallest absolute Gasteiger partial charge is 0.220 e. The van der Waals surface area contributed by atoms with E-state index in [1.165, 1.54) is 11.1 Å². The fourth-order valence-corrected chi connectivity index (χ4v) is 1.66. The van der Waals surface area contributed by atoms with Crippen molar-refractivity contribution in [3.8, 4) is 0 Å². The van der Waals surface area contributed by atoms with Crippen LogP contribution < -0.4 is 5.32 Å². The standard InChI is InChI=1S/C14H21NO3/c1-12-4-2-3-5-13(12)6-7-14(17)15-8-10-18-11-9-16/h2-5,16H,6-11H2,1H3,(H,15,17). The van der Waals surface area contributed by atoms with Gasteiger partial charge in [-0.05, 0) is 24.5 Å². The Morgan fingerprint density at radius 2 is 2.11 bits per heavy atom. The minimum atomic E-state index is 0.0151. The normalized spacial score (nSPS) is 10.3. The van der Waals surface area contributed by atoms with E-state index in [0.717, 1.165) is 6.42 Å². The van der Waals surface area contributed by atoms with Crippen molar-refractivity contribution in [1.82, 2.24) is 5.32 Å². The van der Waals surface area contributed by atoms with E-state index in [9.17, 15) is 4.79 Å². The van der Waals surface area contributed by atoms with Gasteiger partial charge < -0.3 is 15.2 Å². The van der Waals surface area contributed by atoms with Crippen LogP contribution >= 0.6 is 0 Å². The molecule has 2 N–H and O–H groups in total. The van der Waals surface area contributed by atoms with Crippen LogP contribution in [0.1, 0.15) is 17.5 Å². The summed E-state index contributed by atoms with van der Waals surface area (Å²) in [4.78, 5) is 11.5. The van der Waals surface area contributed by atoms with E-state index in [4.69, 9.17) is 9.84 Å². The second kappa shape index (κ2) is 8.66. The first-order chi connectivity index (χ1) is 8.74. The molecule has 0 spiro atoms. The molecule has 0 unspecified atom stereocenters. The number of amides is 1. The van der Waals surface area contributed by atoms with Crippen LogP contribution in [0.4, 0.5) is 0 Å². The summed E-state index contributed by atoms with van der Waals surface area (Å²) in [7, 11) is 0. The van der Waals surface area contributed by atoms with Crippen LogP contribution in [0.2, 0.25) is 0 Å². The topological polar surface area (TPSA) is 58.6 Å². The minimum absolute atomic E-state index is 0.0151. The highest BCUT2D eigenvalue weighted by atomic mass is 16.5. The van der Waals surface area contributed by atoms with E-state index in [-0.39, 0.29) is 12.5 Å². The molecule has 0 saturated carbocycles. The summed E-state index contributed by atoms with van der Waals surface area (Å²) in [6.45, 7) is 3.32. The Labute approximate surface area is 108 Å². The van der Waals surface area contributed by atoms with Crippen molar-refractivity contribution in [3.63, 3.8) is 0 Å². The third kappa shape index (κ3) is 5.80. The number of aryl methyl sites for hydroxylation is 2. The maximum absolute atomic E-state index is 11.5. The highest BCUT2D eigenvalue weighted by molar-refractivity contribution is 5.76. The molecule has 0 aliphatic heterocycles. The van der Waals surface area contributed by atoms with Crippen LogP contribution in [0.5, 0.6) is 0 Å². The summed E-state index contributed by atoms with van der Waals surface area (Å²) in [5.74, 6) is 0.0332. The van der Waals surface area contributed by atoms with Crippen molar-refractivity contribution < 1.29 is 14.6 Å². The average molecular weight is 251 g/mol. The molecule has 0 aliphatic rings. The summed E-state index contributed by atoms with van der Waals surface area (Å²) in [5.41, 5.74) is 2.43. The number of aliphatic hydroxyl groups excluding tert-OH is 1. The lowest BCUT2D eigenvalue weighted by atomic mass is 10.0. The van der Waals surface area contributed by atoms with Crippen LogP contribution in [0.15, 0.2) is 24.3 Å². The van der Waals surface area contributed by atoms with Gasteiger partial charge in [0.25, 0.3) is 0 Å². The SMILES string of the molecule is Cc1ccccc1CCC(=O)NCCOCCO. The van der Waals surface area contributed by atoms with Gasteiger partial charge in [-0.15, -0.1) is 0 Å². The van der Waals surface area contributed by atoms with E-state index < -0.39 is 0 Å². The van der Waals surface area contributed by atoms with Gasteiger partial charge in [0.05, 0.1) is 19.8 Å². The first-order valence-electron chi connectivity index (χ1n) is 6.24. The Bertz CT molecular complexity index is 366. The van der Waals surface area contributed by atoms with Crippen LogP contribution in [-0.2, 0) is 16.0 Å². The Balaban J connectivity index is 2.15. The lowest BCUT2D eigenvalue weighted by Crippen LogP contribution is -2.27. The van der Waals surface area contributed by atoms with Gasteiger partial charge in [-0.3, -0.25) is 4.79 Å². The maximum atomic E-state index is 11.5. The second-order valence-corrected chi connectivity index (χ2v) is 4.11. The zero-order valence-corrected chi connectivity index (χ0v) is 10.8. The molecule has 0 aliphatic carbocycles. The van der Waals surface area contributed by atoms with Crippen molar-refractivity contribution in [1.29, 1.82) is 0 Å². The Morgan fingerprint density at radius 3 is 2.83 bits per heavy atom. The first kappa shape index (κ1) is 14.7. The zero-order chi connectivity index (χ0) is 13.2. The minimum Gasteiger partial charge on any atom is -0.394 e. The summed E-state index contributed by atoms with van der Waals surface area (Å²) >= 11 is 0. The van der Waals surface area contributed by atoms with E-state index in [1.54, 1.807) is 0 Å². The predicted octanol–water partition coefficient (Wildman–Crippen LogP) is 1.05. The first-order valence-corrected chi connectivity index (χ1v) is 6.24. The van der Waals surface area contributed by atoms with Crippen LogP contribution in [0.25, 0.3) is 0 Å².